The monoisotopic (exact) mass is 416 g/mol. The summed E-state index contributed by atoms with van der Waals surface area (Å²) in [6.07, 6.45) is 3.97. The minimum absolute atomic E-state index is 0.239. The number of β-amino-alcohol motifs (C(OH)–C–C–N with tert-alkyl or cyclic N) is 2. The van der Waals surface area contributed by atoms with Gasteiger partial charge in [-0.05, 0) is 36.8 Å². The summed E-state index contributed by atoms with van der Waals surface area (Å²) in [7, 11) is 0. The van der Waals surface area contributed by atoms with Gasteiger partial charge in [0.1, 0.15) is 0 Å². The molecular weight excluding hydrogens is 384 g/mol. The number of benzene rings is 2. The molecule has 5 rings (SSSR count). The average Bonchev–Trinajstić information content (AvgIpc) is 3.54. The molecule has 2 aromatic rings. The number of likely N-dealkylation sites (tertiary alicyclic amines) is 1. The topological polar surface area (TPSA) is 55.7 Å². The molecule has 4 nitrogen and oxygen atoms in total. The maximum absolute atomic E-state index is 9.98. The van der Waals surface area contributed by atoms with E-state index in [1.165, 1.54) is 30.4 Å². The van der Waals surface area contributed by atoms with Crippen LogP contribution in [0.25, 0.3) is 0 Å². The van der Waals surface area contributed by atoms with E-state index in [0.29, 0.717) is 5.92 Å². The number of hydrogen-bond donors (Lipinski definition) is 3. The third-order valence-corrected chi connectivity index (χ3v) is 5.88. The fourth-order valence-electron chi connectivity index (χ4n) is 4.19. The lowest BCUT2D eigenvalue weighted by atomic mass is 9.89. The van der Waals surface area contributed by atoms with Crippen molar-refractivity contribution in [2.75, 3.05) is 32.6 Å². The Kier molecular flexibility index (Phi) is 7.36. The zero-order valence-electron chi connectivity index (χ0n) is 17.4. The van der Waals surface area contributed by atoms with E-state index in [-0.39, 0.29) is 11.6 Å². The van der Waals surface area contributed by atoms with Crippen molar-refractivity contribution < 1.29 is 10.2 Å². The van der Waals surface area contributed by atoms with Crippen LogP contribution in [0.4, 0.5) is 0 Å². The Hall–Kier alpha value is -1.43. The van der Waals surface area contributed by atoms with Gasteiger partial charge in [0, 0.05) is 32.6 Å². The number of hydrogen-bond acceptors (Lipinski definition) is 4. The highest BCUT2D eigenvalue weighted by molar-refractivity contribution is 6.15. The van der Waals surface area contributed by atoms with Crippen molar-refractivity contribution in [3.05, 3.63) is 71.8 Å². The molecule has 0 radical (unpaired) electrons. The average molecular weight is 417 g/mol. The predicted octanol–water partition coefficient (Wildman–Crippen LogP) is 3.43. The second-order valence-corrected chi connectivity index (χ2v) is 8.61. The number of nitrogens with zero attached hydrogens (tertiary/aromatic N) is 1. The molecule has 0 aromatic heterocycles. The molecule has 29 heavy (non-hydrogen) atoms. The van der Waals surface area contributed by atoms with E-state index in [9.17, 15) is 10.2 Å². The molecule has 0 amide bonds. The van der Waals surface area contributed by atoms with E-state index < -0.39 is 5.60 Å². The highest BCUT2D eigenvalue weighted by Crippen LogP contribution is 2.41. The van der Waals surface area contributed by atoms with Crippen LogP contribution >= 0.6 is 11.6 Å². The maximum atomic E-state index is 9.98. The molecule has 2 aliphatic heterocycles. The minimum atomic E-state index is -0.540. The van der Waals surface area contributed by atoms with E-state index in [1.54, 1.807) is 0 Å². The van der Waals surface area contributed by atoms with E-state index >= 15 is 0 Å². The quantitative estimate of drug-likeness (QED) is 0.668. The zero-order chi connectivity index (χ0) is 20.9. The molecule has 2 aromatic carbocycles. The summed E-state index contributed by atoms with van der Waals surface area (Å²) in [5.41, 5.74) is 1.75. The molecule has 3 fully saturated rings. The standard InChI is InChI=1S/C17H19NO.C6H11NO.CH3Cl/c1-17(19)12-18(13-17)16(14-8-4-2-5-9-14)15-10-6-3-7-11-15;8-6(3-7-4-6)5-1-2-5;1-2/h2-11,16,19H,12-13H2,1H3;5,7-8H,1-4H2;1H3. The largest absolute Gasteiger partial charge is 0.388 e. The van der Waals surface area contributed by atoms with Crippen molar-refractivity contribution in [3.63, 3.8) is 0 Å². The number of rotatable bonds is 4. The first-order valence-corrected chi connectivity index (χ1v) is 11.1. The third kappa shape index (κ3) is 5.59. The fourth-order valence-corrected chi connectivity index (χ4v) is 4.19. The van der Waals surface area contributed by atoms with Gasteiger partial charge in [-0.25, -0.2) is 0 Å². The Labute approximate surface area is 179 Å². The first kappa shape index (κ1) is 22.3. The first-order valence-electron chi connectivity index (χ1n) is 10.3. The Balaban J connectivity index is 0.000000199. The summed E-state index contributed by atoms with van der Waals surface area (Å²) in [5.74, 6) is 0.642. The molecule has 2 saturated heterocycles. The number of nitrogens with one attached hydrogen (secondary N) is 1. The summed E-state index contributed by atoms with van der Waals surface area (Å²) < 4.78 is 0. The van der Waals surface area contributed by atoms with E-state index in [1.807, 2.05) is 19.1 Å². The molecule has 1 saturated carbocycles. The Morgan fingerprint density at radius 1 is 0.897 bits per heavy atom. The van der Waals surface area contributed by atoms with Gasteiger partial charge >= 0.3 is 0 Å². The van der Waals surface area contributed by atoms with Crippen molar-refractivity contribution in [1.82, 2.24) is 10.2 Å². The van der Waals surface area contributed by atoms with Crippen LogP contribution in [-0.2, 0) is 0 Å². The molecule has 0 unspecified atom stereocenters. The molecule has 0 atom stereocenters. The lowest BCUT2D eigenvalue weighted by Crippen LogP contribution is -2.60. The molecule has 3 aliphatic rings. The van der Waals surface area contributed by atoms with Gasteiger partial charge in [0.2, 0.25) is 0 Å². The summed E-state index contributed by atoms with van der Waals surface area (Å²) in [5, 5.41) is 22.5. The molecule has 158 valence electrons. The Bertz CT molecular complexity index is 698. The number of aliphatic hydroxyl groups is 2. The zero-order valence-corrected chi connectivity index (χ0v) is 18.1. The van der Waals surface area contributed by atoms with Crippen molar-refractivity contribution >= 4 is 11.6 Å². The van der Waals surface area contributed by atoms with Crippen LogP contribution < -0.4 is 5.32 Å². The Morgan fingerprint density at radius 2 is 1.34 bits per heavy atom. The molecular formula is C24H33ClN2O2. The van der Waals surface area contributed by atoms with Crippen LogP contribution in [0.2, 0.25) is 0 Å². The van der Waals surface area contributed by atoms with Gasteiger partial charge in [0.25, 0.3) is 0 Å². The summed E-state index contributed by atoms with van der Waals surface area (Å²) in [6, 6.07) is 21.2. The van der Waals surface area contributed by atoms with Gasteiger partial charge in [-0.1, -0.05) is 60.7 Å². The lowest BCUT2D eigenvalue weighted by molar-refractivity contribution is -0.0964. The van der Waals surface area contributed by atoms with Crippen LogP contribution in [-0.4, -0.2) is 58.9 Å². The molecule has 1 aliphatic carbocycles. The van der Waals surface area contributed by atoms with Crippen molar-refractivity contribution in [2.24, 2.45) is 5.92 Å². The number of alkyl halides is 1. The Morgan fingerprint density at radius 3 is 1.62 bits per heavy atom. The molecule has 0 spiro atoms. The smallest absolute Gasteiger partial charge is 0.0923 e. The SMILES string of the molecule is CC1(O)CN(C(c2ccccc2)c2ccccc2)C1.CCl.OC1(C2CC2)CNC1. The molecule has 3 N–H and O–H groups in total. The molecule has 2 heterocycles. The van der Waals surface area contributed by atoms with Gasteiger partial charge in [-0.3, -0.25) is 4.90 Å². The van der Waals surface area contributed by atoms with Gasteiger partial charge in [-0.2, -0.15) is 0 Å². The first-order chi connectivity index (χ1) is 14.0. The number of halogens is 1. The minimum Gasteiger partial charge on any atom is -0.388 e. The van der Waals surface area contributed by atoms with Gasteiger partial charge in [0.15, 0.2) is 0 Å². The molecule has 0 bridgehead atoms. The van der Waals surface area contributed by atoms with Gasteiger partial charge in [0.05, 0.1) is 17.2 Å². The van der Waals surface area contributed by atoms with Crippen LogP contribution in [0.3, 0.4) is 0 Å². The van der Waals surface area contributed by atoms with Gasteiger partial charge < -0.3 is 15.5 Å². The van der Waals surface area contributed by atoms with E-state index in [4.69, 9.17) is 0 Å². The highest BCUT2D eigenvalue weighted by atomic mass is 35.5. The predicted molar refractivity (Wildman–Crippen MR) is 119 cm³/mol. The van der Waals surface area contributed by atoms with Crippen LogP contribution in [0.1, 0.15) is 36.9 Å². The normalized spacial score (nSPS) is 21.6. The fraction of sp³-hybridized carbons (Fsp3) is 0.500. The van der Waals surface area contributed by atoms with E-state index in [0.717, 1.165) is 26.2 Å². The third-order valence-electron chi connectivity index (χ3n) is 5.88. The second-order valence-electron chi connectivity index (χ2n) is 8.61. The summed E-state index contributed by atoms with van der Waals surface area (Å²) in [4.78, 5) is 2.32. The van der Waals surface area contributed by atoms with Crippen molar-refractivity contribution in [3.8, 4) is 0 Å². The lowest BCUT2D eigenvalue weighted by Gasteiger charge is -2.48. The summed E-state index contributed by atoms with van der Waals surface area (Å²) in [6.45, 7) is 5.01. The van der Waals surface area contributed by atoms with E-state index in [2.05, 4.69) is 70.3 Å². The van der Waals surface area contributed by atoms with Crippen molar-refractivity contribution in [1.29, 1.82) is 0 Å². The molecule has 5 heteroatoms. The van der Waals surface area contributed by atoms with Crippen LogP contribution in [0, 0.1) is 5.92 Å². The second kappa shape index (κ2) is 9.59. The van der Waals surface area contributed by atoms with Crippen LogP contribution in [0.5, 0.6) is 0 Å². The van der Waals surface area contributed by atoms with Gasteiger partial charge in [-0.15, -0.1) is 11.6 Å². The van der Waals surface area contributed by atoms with Crippen molar-refractivity contribution in [2.45, 2.75) is 37.0 Å². The van der Waals surface area contributed by atoms with Crippen LogP contribution in [0.15, 0.2) is 60.7 Å². The summed E-state index contributed by atoms with van der Waals surface area (Å²) >= 11 is 4.64. The highest BCUT2D eigenvalue weighted by Gasteiger charge is 2.47. The maximum Gasteiger partial charge on any atom is 0.0923 e.